The fraction of sp³-hybridized carbons (Fsp3) is 0.783. The van der Waals surface area contributed by atoms with E-state index in [1.165, 1.54) is 5.56 Å². The molecule has 1 atom stereocenters. The first kappa shape index (κ1) is 26.0. The largest absolute Gasteiger partial charge is 0.444 e. The van der Waals surface area contributed by atoms with Crippen molar-refractivity contribution in [3.05, 3.63) is 18.0 Å². The third kappa shape index (κ3) is 7.69. The van der Waals surface area contributed by atoms with Gasteiger partial charge in [-0.05, 0) is 60.5 Å². The van der Waals surface area contributed by atoms with Gasteiger partial charge in [0.05, 0.1) is 12.2 Å². The zero-order valence-electron chi connectivity index (χ0n) is 21.3. The number of hydrogen-bond acceptors (Lipinski definition) is 5. The summed E-state index contributed by atoms with van der Waals surface area (Å²) in [4.78, 5) is 23.3. The van der Waals surface area contributed by atoms with Gasteiger partial charge >= 0.3 is 6.09 Å². The van der Waals surface area contributed by atoms with Crippen LogP contribution in [0.4, 0.5) is 4.79 Å². The number of ether oxygens (including phenoxy) is 1. The molecule has 9 heteroatoms. The van der Waals surface area contributed by atoms with E-state index in [2.05, 4.69) is 45.5 Å². The summed E-state index contributed by atoms with van der Waals surface area (Å²) in [5.41, 5.74) is 0.715. The molecule has 0 aliphatic carbocycles. The summed E-state index contributed by atoms with van der Waals surface area (Å²) >= 11 is 0. The van der Waals surface area contributed by atoms with Gasteiger partial charge in [-0.25, -0.2) is 4.79 Å². The molecule has 1 aromatic heterocycles. The second-order valence-corrected chi connectivity index (χ2v) is 9.80. The molecule has 1 amide bonds. The quantitative estimate of drug-likeness (QED) is 0.509. The van der Waals surface area contributed by atoms with Gasteiger partial charge in [0.2, 0.25) is 0 Å². The summed E-state index contributed by atoms with van der Waals surface area (Å²) in [6.07, 6.45) is 5.82. The number of aryl methyl sites for hydroxylation is 1. The van der Waals surface area contributed by atoms with Crippen molar-refractivity contribution < 1.29 is 9.53 Å². The third-order valence-corrected chi connectivity index (χ3v) is 5.82. The van der Waals surface area contributed by atoms with Crippen LogP contribution in [0.3, 0.4) is 0 Å². The second-order valence-electron chi connectivity index (χ2n) is 9.80. The Balaban J connectivity index is 1.87. The smallest absolute Gasteiger partial charge is 0.410 e. The molecule has 1 aliphatic heterocycles. The number of carbonyl (C=O) groups is 1. The summed E-state index contributed by atoms with van der Waals surface area (Å²) in [6.45, 7) is 11.8. The van der Waals surface area contributed by atoms with Crippen LogP contribution in [0.5, 0.6) is 0 Å². The number of carbonyl (C=O) groups excluding carboxylic acids is 1. The first-order valence-corrected chi connectivity index (χ1v) is 11.6. The van der Waals surface area contributed by atoms with Crippen molar-refractivity contribution in [2.24, 2.45) is 18.0 Å². The van der Waals surface area contributed by atoms with Gasteiger partial charge in [0.1, 0.15) is 5.60 Å². The highest BCUT2D eigenvalue weighted by atomic mass is 16.6. The molecule has 0 saturated carbocycles. The van der Waals surface area contributed by atoms with Crippen molar-refractivity contribution in [1.82, 2.24) is 29.8 Å². The number of nitrogens with one attached hydrogen (secondary N) is 1. The lowest BCUT2D eigenvalue weighted by Gasteiger charge is -2.37. The predicted molar refractivity (Wildman–Crippen MR) is 129 cm³/mol. The fourth-order valence-corrected chi connectivity index (χ4v) is 4.03. The molecule has 1 aromatic rings. The summed E-state index contributed by atoms with van der Waals surface area (Å²) in [5.74, 6) is 1.40. The maximum atomic E-state index is 12.5. The van der Waals surface area contributed by atoms with Crippen LogP contribution in [0.2, 0.25) is 0 Å². The van der Waals surface area contributed by atoms with E-state index in [1.54, 1.807) is 0 Å². The lowest BCUT2D eigenvalue weighted by molar-refractivity contribution is 0.0214. The molecule has 1 unspecified atom stereocenters. The minimum Gasteiger partial charge on any atom is -0.444 e. The van der Waals surface area contributed by atoms with Gasteiger partial charge < -0.3 is 24.8 Å². The molecule has 2 heterocycles. The zero-order chi connectivity index (χ0) is 23.9. The number of amides is 1. The number of nitrogens with zero attached hydrogens (tertiary/aromatic N) is 6. The average Bonchev–Trinajstić information content (AvgIpc) is 3.14. The molecule has 1 fully saturated rings. The maximum Gasteiger partial charge on any atom is 0.410 e. The van der Waals surface area contributed by atoms with E-state index in [0.29, 0.717) is 12.5 Å². The van der Waals surface area contributed by atoms with Crippen LogP contribution in [-0.2, 0) is 11.8 Å². The summed E-state index contributed by atoms with van der Waals surface area (Å²) in [7, 11) is 7.94. The third-order valence-electron chi connectivity index (χ3n) is 5.82. The minimum atomic E-state index is -0.466. The molecule has 0 bridgehead atoms. The van der Waals surface area contributed by atoms with Crippen LogP contribution in [-0.4, -0.2) is 96.0 Å². The molecular formula is C23H43N7O2. The van der Waals surface area contributed by atoms with E-state index < -0.39 is 5.60 Å². The normalized spacial score (nSPS) is 16.9. The Labute approximate surface area is 193 Å². The van der Waals surface area contributed by atoms with Crippen LogP contribution in [0.1, 0.15) is 52.1 Å². The molecule has 0 spiro atoms. The van der Waals surface area contributed by atoms with Crippen molar-refractivity contribution in [3.8, 4) is 0 Å². The molecule has 2 rings (SSSR count). The highest BCUT2D eigenvalue weighted by molar-refractivity contribution is 5.80. The van der Waals surface area contributed by atoms with Crippen molar-refractivity contribution in [2.45, 2.75) is 52.2 Å². The van der Waals surface area contributed by atoms with E-state index in [9.17, 15) is 4.79 Å². The molecule has 0 aromatic carbocycles. The van der Waals surface area contributed by atoms with Gasteiger partial charge in [0.15, 0.2) is 5.96 Å². The summed E-state index contributed by atoms with van der Waals surface area (Å²) < 4.78 is 7.39. The van der Waals surface area contributed by atoms with Crippen molar-refractivity contribution in [3.63, 3.8) is 0 Å². The highest BCUT2D eigenvalue weighted by Gasteiger charge is 2.27. The van der Waals surface area contributed by atoms with Crippen LogP contribution in [0, 0.1) is 5.92 Å². The number of aromatic nitrogens is 2. The average molecular weight is 450 g/mol. The second kappa shape index (κ2) is 11.5. The highest BCUT2D eigenvalue weighted by Crippen LogP contribution is 2.21. The van der Waals surface area contributed by atoms with Crippen LogP contribution >= 0.6 is 0 Å². The topological polar surface area (TPSA) is 78.2 Å². The zero-order valence-corrected chi connectivity index (χ0v) is 21.3. The first-order valence-electron chi connectivity index (χ1n) is 11.6. The number of likely N-dealkylation sites (tertiary alicyclic amines) is 1. The van der Waals surface area contributed by atoms with Crippen LogP contribution in [0.15, 0.2) is 17.4 Å². The Hall–Kier alpha value is -2.29. The number of guanidine groups is 1. The van der Waals surface area contributed by atoms with Crippen molar-refractivity contribution in [2.75, 3.05) is 53.9 Å². The minimum absolute atomic E-state index is 0.213. The molecule has 0 radical (unpaired) electrons. The molecular weight excluding hydrogens is 406 g/mol. The number of likely N-dealkylation sites (N-methyl/N-ethyl adjacent to an activating group) is 1. The first-order chi connectivity index (χ1) is 15.0. The fourth-order valence-electron chi connectivity index (χ4n) is 4.03. The van der Waals surface area contributed by atoms with Crippen molar-refractivity contribution in [1.29, 1.82) is 0 Å². The molecule has 1 saturated heterocycles. The molecule has 32 heavy (non-hydrogen) atoms. The monoisotopic (exact) mass is 449 g/mol. The number of piperidine rings is 1. The van der Waals surface area contributed by atoms with Gasteiger partial charge in [-0.2, -0.15) is 5.10 Å². The lowest BCUT2D eigenvalue weighted by Crippen LogP contribution is -2.49. The van der Waals surface area contributed by atoms with Gasteiger partial charge in [-0.1, -0.05) is 0 Å². The maximum absolute atomic E-state index is 12.5. The molecule has 1 aliphatic rings. The van der Waals surface area contributed by atoms with E-state index in [0.717, 1.165) is 45.0 Å². The molecule has 182 valence electrons. The molecule has 1 N–H and O–H groups in total. The van der Waals surface area contributed by atoms with Crippen LogP contribution < -0.4 is 5.32 Å². The number of rotatable bonds is 7. The Morgan fingerprint density at radius 2 is 2.00 bits per heavy atom. The van der Waals surface area contributed by atoms with E-state index in [-0.39, 0.29) is 12.1 Å². The lowest BCUT2D eigenvalue weighted by atomic mass is 9.96. The SMILES string of the molecule is CCN(CC1CCN(C(=NC)NCC(c2cnn(C)c2)N(C)C)CC1)C(=O)OC(C)(C)C. The predicted octanol–water partition coefficient (Wildman–Crippen LogP) is 2.57. The summed E-state index contributed by atoms with van der Waals surface area (Å²) in [6, 6.07) is 0.213. The van der Waals surface area contributed by atoms with Gasteiger partial charge in [-0.3, -0.25) is 9.67 Å². The van der Waals surface area contributed by atoms with Crippen molar-refractivity contribution >= 4 is 12.1 Å². The Morgan fingerprint density at radius 3 is 2.47 bits per heavy atom. The van der Waals surface area contributed by atoms with E-state index in [4.69, 9.17) is 4.74 Å². The Kier molecular flexibility index (Phi) is 9.36. The molecule has 9 nitrogen and oxygen atoms in total. The van der Waals surface area contributed by atoms with Gasteiger partial charge in [-0.15, -0.1) is 0 Å². The van der Waals surface area contributed by atoms with Gasteiger partial charge in [0, 0.05) is 58.6 Å². The Bertz CT molecular complexity index is 746. The van der Waals surface area contributed by atoms with Crippen LogP contribution in [0.25, 0.3) is 0 Å². The van der Waals surface area contributed by atoms with E-state index in [1.807, 2.05) is 57.6 Å². The standard InChI is InChI=1S/C23H43N7O2/c1-9-29(22(31)32-23(2,3)4)16-18-10-12-30(13-11-18)21(24-5)25-15-20(27(6)7)19-14-26-28(8)17-19/h14,17-18,20H,9-13,15-16H2,1-8H3,(H,24,25). The van der Waals surface area contributed by atoms with Gasteiger partial charge in [0.25, 0.3) is 0 Å². The summed E-state index contributed by atoms with van der Waals surface area (Å²) in [5, 5.41) is 7.86. The Morgan fingerprint density at radius 1 is 1.34 bits per heavy atom. The number of hydrogen-bond donors (Lipinski definition) is 1. The number of aliphatic imine (C=N–C) groups is 1. The van der Waals surface area contributed by atoms with E-state index >= 15 is 0 Å².